The number of hydrogen-bond donors (Lipinski definition) is 0. The monoisotopic (exact) mass is 204 g/mol. The smallest absolute Gasteiger partial charge is 0.126 e. The topological polar surface area (TPSA) is 21.8 Å². The van der Waals surface area contributed by atoms with Crippen molar-refractivity contribution in [1.29, 1.82) is 0 Å². The Morgan fingerprint density at radius 1 is 1.47 bits per heavy atom. The van der Waals surface area contributed by atoms with Crippen molar-refractivity contribution in [2.45, 2.75) is 19.4 Å². The predicted molar refractivity (Wildman–Crippen MR) is 61.0 cm³/mol. The van der Waals surface area contributed by atoms with E-state index in [1.54, 1.807) is 0 Å². The highest BCUT2D eigenvalue weighted by atomic mass is 16.6. The van der Waals surface area contributed by atoms with E-state index in [1.807, 2.05) is 43.3 Å². The third-order valence-corrected chi connectivity index (χ3v) is 2.44. The lowest BCUT2D eigenvalue weighted by atomic mass is 10.2. The van der Waals surface area contributed by atoms with E-state index >= 15 is 0 Å². The molecule has 1 unspecified atom stereocenters. The van der Waals surface area contributed by atoms with Crippen LogP contribution >= 0.6 is 0 Å². The molecule has 0 amide bonds. The lowest BCUT2D eigenvalue weighted by molar-refractivity contribution is 0.202. The second-order valence-corrected chi connectivity index (χ2v) is 4.07. The maximum Gasteiger partial charge on any atom is 0.126 e. The quantitative estimate of drug-likeness (QED) is 0.703. The molecule has 15 heavy (non-hydrogen) atoms. The van der Waals surface area contributed by atoms with Crippen molar-refractivity contribution in [1.82, 2.24) is 0 Å². The predicted octanol–water partition coefficient (Wildman–Crippen LogP) is 2.89. The number of benzene rings is 1. The van der Waals surface area contributed by atoms with E-state index in [9.17, 15) is 0 Å². The van der Waals surface area contributed by atoms with Crippen molar-refractivity contribution >= 4 is 6.08 Å². The van der Waals surface area contributed by atoms with Crippen molar-refractivity contribution in [3.05, 3.63) is 35.9 Å². The van der Waals surface area contributed by atoms with Crippen LogP contribution in [0.1, 0.15) is 19.4 Å². The Morgan fingerprint density at radius 3 is 2.87 bits per heavy atom. The van der Waals surface area contributed by atoms with Crippen LogP contribution in [-0.4, -0.2) is 18.8 Å². The fourth-order valence-corrected chi connectivity index (χ4v) is 1.37. The van der Waals surface area contributed by atoms with Crippen molar-refractivity contribution in [3.63, 3.8) is 0 Å². The lowest BCUT2D eigenvalue weighted by Gasteiger charge is -2.10. The van der Waals surface area contributed by atoms with Crippen LogP contribution in [0, 0.1) is 0 Å². The second-order valence-electron chi connectivity index (χ2n) is 4.07. The van der Waals surface area contributed by atoms with Gasteiger partial charge in [0.1, 0.15) is 18.0 Å². The maximum absolute atomic E-state index is 5.74. The van der Waals surface area contributed by atoms with Gasteiger partial charge in [0.2, 0.25) is 0 Å². The summed E-state index contributed by atoms with van der Waals surface area (Å²) in [5.74, 6) is 0.923. The molecule has 1 aliphatic rings. The fourth-order valence-electron chi connectivity index (χ4n) is 1.37. The first-order valence-corrected chi connectivity index (χ1v) is 5.22. The average molecular weight is 204 g/mol. The minimum Gasteiger partial charge on any atom is -0.490 e. The molecule has 1 saturated heterocycles. The number of ether oxygens (including phenoxy) is 2. The molecule has 1 aromatic carbocycles. The van der Waals surface area contributed by atoms with Gasteiger partial charge in [0.05, 0.1) is 6.61 Å². The molecular weight excluding hydrogens is 188 g/mol. The summed E-state index contributed by atoms with van der Waals surface area (Å²) < 4.78 is 11.0. The summed E-state index contributed by atoms with van der Waals surface area (Å²) in [6.45, 7) is 5.49. The van der Waals surface area contributed by atoms with Gasteiger partial charge in [0.15, 0.2) is 0 Å². The van der Waals surface area contributed by atoms with Gasteiger partial charge in [0.25, 0.3) is 0 Å². The first-order valence-electron chi connectivity index (χ1n) is 5.22. The third-order valence-electron chi connectivity index (χ3n) is 2.44. The van der Waals surface area contributed by atoms with Gasteiger partial charge >= 0.3 is 0 Å². The molecule has 1 atom stereocenters. The molecule has 1 fully saturated rings. The molecule has 2 heteroatoms. The summed E-state index contributed by atoms with van der Waals surface area (Å²) in [4.78, 5) is 0. The first kappa shape index (κ1) is 10.2. The van der Waals surface area contributed by atoms with Crippen molar-refractivity contribution in [2.75, 3.05) is 13.2 Å². The van der Waals surface area contributed by atoms with Gasteiger partial charge in [-0.05, 0) is 19.9 Å². The van der Waals surface area contributed by atoms with Gasteiger partial charge in [-0.3, -0.25) is 0 Å². The zero-order valence-electron chi connectivity index (χ0n) is 9.19. The number of epoxide rings is 1. The minimum atomic E-state index is -0.0525. The van der Waals surface area contributed by atoms with E-state index in [0.29, 0.717) is 6.61 Å². The molecule has 0 spiro atoms. The molecule has 1 heterocycles. The van der Waals surface area contributed by atoms with Gasteiger partial charge in [-0.25, -0.2) is 0 Å². The van der Waals surface area contributed by atoms with Crippen LogP contribution in [-0.2, 0) is 4.74 Å². The molecule has 0 bridgehead atoms. The number of allylic oxidation sites excluding steroid dienone is 1. The van der Waals surface area contributed by atoms with E-state index in [2.05, 4.69) is 6.92 Å². The van der Waals surface area contributed by atoms with E-state index < -0.39 is 0 Å². The molecule has 0 N–H and O–H groups in total. The molecule has 0 aliphatic carbocycles. The second kappa shape index (κ2) is 4.07. The molecule has 2 rings (SSSR count). The van der Waals surface area contributed by atoms with Gasteiger partial charge in [-0.2, -0.15) is 0 Å². The zero-order chi connectivity index (χ0) is 10.7. The average Bonchev–Trinajstić information content (AvgIpc) is 2.97. The normalized spacial score (nSPS) is 24.4. The van der Waals surface area contributed by atoms with Gasteiger partial charge < -0.3 is 9.47 Å². The van der Waals surface area contributed by atoms with E-state index in [0.717, 1.165) is 17.9 Å². The molecule has 0 radical (unpaired) electrons. The van der Waals surface area contributed by atoms with Crippen LogP contribution in [0.15, 0.2) is 30.3 Å². The fraction of sp³-hybridized carbons (Fsp3) is 0.385. The highest BCUT2D eigenvalue weighted by Crippen LogP contribution is 2.28. The van der Waals surface area contributed by atoms with Crippen molar-refractivity contribution < 1.29 is 9.47 Å². The van der Waals surface area contributed by atoms with Crippen LogP contribution in [0.2, 0.25) is 0 Å². The van der Waals surface area contributed by atoms with Crippen molar-refractivity contribution in [2.24, 2.45) is 0 Å². The first-order chi connectivity index (χ1) is 7.23. The number of para-hydroxylation sites is 1. The van der Waals surface area contributed by atoms with Gasteiger partial charge in [-0.15, -0.1) is 0 Å². The van der Waals surface area contributed by atoms with E-state index in [4.69, 9.17) is 9.47 Å². The summed E-state index contributed by atoms with van der Waals surface area (Å²) in [6, 6.07) is 8.03. The lowest BCUT2D eigenvalue weighted by Crippen LogP contribution is -2.17. The summed E-state index contributed by atoms with van der Waals surface area (Å²) >= 11 is 0. The molecule has 0 aromatic heterocycles. The van der Waals surface area contributed by atoms with Crippen molar-refractivity contribution in [3.8, 4) is 5.75 Å². The van der Waals surface area contributed by atoms with Gasteiger partial charge in [0, 0.05) is 5.56 Å². The Hall–Kier alpha value is -1.28. The number of hydrogen-bond acceptors (Lipinski definition) is 2. The van der Waals surface area contributed by atoms with Crippen LogP contribution in [0.25, 0.3) is 6.08 Å². The van der Waals surface area contributed by atoms with Crippen LogP contribution < -0.4 is 4.74 Å². The minimum absolute atomic E-state index is 0.0525. The Labute approximate surface area is 90.5 Å². The third kappa shape index (κ3) is 2.60. The van der Waals surface area contributed by atoms with E-state index in [-0.39, 0.29) is 5.60 Å². The van der Waals surface area contributed by atoms with Gasteiger partial charge in [-0.1, -0.05) is 30.4 Å². The maximum atomic E-state index is 5.74. The Balaban J connectivity index is 2.05. The molecular formula is C13H16O2. The Morgan fingerprint density at radius 2 is 2.20 bits per heavy atom. The summed E-state index contributed by atoms with van der Waals surface area (Å²) in [5, 5.41) is 0. The van der Waals surface area contributed by atoms with Crippen LogP contribution in [0.4, 0.5) is 0 Å². The molecule has 1 aromatic rings. The Bertz CT molecular complexity index is 365. The summed E-state index contributed by atoms with van der Waals surface area (Å²) in [5.41, 5.74) is 1.06. The highest BCUT2D eigenvalue weighted by Gasteiger charge is 2.40. The number of rotatable bonds is 4. The van der Waals surface area contributed by atoms with Crippen LogP contribution in [0.5, 0.6) is 5.75 Å². The standard InChI is InChI=1S/C13H16O2/c1-3-6-11-7-4-5-8-12(11)14-9-13(2)10-15-13/h3-8H,9-10H2,1-2H3/b6-3+. The van der Waals surface area contributed by atoms with E-state index in [1.165, 1.54) is 0 Å². The summed E-state index contributed by atoms with van der Waals surface area (Å²) in [6.07, 6.45) is 4.06. The molecule has 1 aliphatic heterocycles. The molecule has 0 saturated carbocycles. The highest BCUT2D eigenvalue weighted by molar-refractivity contribution is 5.56. The molecule has 2 nitrogen and oxygen atoms in total. The summed E-state index contributed by atoms with van der Waals surface area (Å²) in [7, 11) is 0. The SMILES string of the molecule is C/C=C/c1ccccc1OCC1(C)CO1. The zero-order valence-corrected chi connectivity index (χ0v) is 9.19. The van der Waals surface area contributed by atoms with Crippen LogP contribution in [0.3, 0.4) is 0 Å². The largest absolute Gasteiger partial charge is 0.490 e. The Kier molecular flexibility index (Phi) is 2.78. The molecule has 80 valence electrons.